The monoisotopic (exact) mass is 250 g/mol. The summed E-state index contributed by atoms with van der Waals surface area (Å²) in [4.78, 5) is 4.53. The number of hydrogen-bond donors (Lipinski definition) is 0. The molecular weight excluding hydrogens is 236 g/mol. The van der Waals surface area contributed by atoms with E-state index in [1.165, 1.54) is 0 Å². The number of benzene rings is 1. The van der Waals surface area contributed by atoms with Gasteiger partial charge in [0.25, 0.3) is 0 Å². The Hall–Kier alpha value is -2.49. The van der Waals surface area contributed by atoms with Crippen LogP contribution in [0.4, 0.5) is 11.5 Å². The summed E-state index contributed by atoms with van der Waals surface area (Å²) in [7, 11) is 0. The van der Waals surface area contributed by atoms with Gasteiger partial charge < -0.3 is 0 Å². The molecule has 3 aromatic rings. The minimum absolute atomic E-state index is 0.780. The van der Waals surface area contributed by atoms with Gasteiger partial charge >= 0.3 is 0 Å². The first kappa shape index (κ1) is 11.6. The van der Waals surface area contributed by atoms with Crippen LogP contribution in [0.1, 0.15) is 11.3 Å². The van der Waals surface area contributed by atoms with Crippen LogP contribution in [0.25, 0.3) is 5.65 Å². The topological polar surface area (TPSA) is 42.0 Å². The molecule has 19 heavy (non-hydrogen) atoms. The van der Waals surface area contributed by atoms with E-state index in [0.29, 0.717) is 0 Å². The first-order chi connectivity index (χ1) is 9.25. The molecule has 0 fully saturated rings. The summed E-state index contributed by atoms with van der Waals surface area (Å²) >= 11 is 0. The van der Waals surface area contributed by atoms with Gasteiger partial charge in [-0.25, -0.2) is 4.98 Å². The van der Waals surface area contributed by atoms with Gasteiger partial charge in [-0.15, -0.1) is 10.2 Å². The molecule has 1 aromatic carbocycles. The zero-order valence-corrected chi connectivity index (χ0v) is 10.9. The van der Waals surface area contributed by atoms with Crippen LogP contribution >= 0.6 is 0 Å². The van der Waals surface area contributed by atoms with Crippen molar-refractivity contribution in [3.05, 3.63) is 59.9 Å². The van der Waals surface area contributed by atoms with Gasteiger partial charge in [0.2, 0.25) is 0 Å². The molecule has 4 heteroatoms. The maximum absolute atomic E-state index is 4.53. The number of hydrogen-bond acceptors (Lipinski definition) is 3. The van der Waals surface area contributed by atoms with Crippen LogP contribution in [0.3, 0.4) is 0 Å². The molecule has 0 radical (unpaired) electrons. The van der Waals surface area contributed by atoms with Crippen molar-refractivity contribution in [1.82, 2.24) is 9.38 Å². The summed E-state index contributed by atoms with van der Waals surface area (Å²) in [5.41, 5.74) is 3.78. The van der Waals surface area contributed by atoms with Gasteiger partial charge in [0.1, 0.15) is 5.65 Å². The van der Waals surface area contributed by atoms with Crippen LogP contribution in [0.5, 0.6) is 0 Å². The van der Waals surface area contributed by atoms with Gasteiger partial charge in [-0.3, -0.25) is 4.40 Å². The lowest BCUT2D eigenvalue weighted by atomic mass is 10.3. The van der Waals surface area contributed by atoms with Gasteiger partial charge in [-0.05, 0) is 37.6 Å². The second-order valence-corrected chi connectivity index (χ2v) is 4.44. The summed E-state index contributed by atoms with van der Waals surface area (Å²) < 4.78 is 1.97. The van der Waals surface area contributed by atoms with Crippen molar-refractivity contribution in [2.75, 3.05) is 0 Å². The quantitative estimate of drug-likeness (QED) is 0.623. The van der Waals surface area contributed by atoms with Crippen molar-refractivity contribution in [3.63, 3.8) is 0 Å². The van der Waals surface area contributed by atoms with Crippen LogP contribution in [-0.2, 0) is 0 Å². The molecule has 0 atom stereocenters. The largest absolute Gasteiger partial charge is 0.283 e. The Kier molecular flexibility index (Phi) is 2.83. The molecule has 0 bridgehead atoms. The van der Waals surface area contributed by atoms with Gasteiger partial charge in [0.05, 0.1) is 11.4 Å². The third kappa shape index (κ3) is 2.12. The van der Waals surface area contributed by atoms with Crippen LogP contribution in [0, 0.1) is 13.8 Å². The Morgan fingerprint density at radius 3 is 2.53 bits per heavy atom. The fourth-order valence-electron chi connectivity index (χ4n) is 2.02. The van der Waals surface area contributed by atoms with Gasteiger partial charge in [0.15, 0.2) is 5.82 Å². The van der Waals surface area contributed by atoms with Gasteiger partial charge in [0, 0.05) is 6.20 Å². The molecular formula is C15H14N4. The fraction of sp³-hybridized carbons (Fsp3) is 0.133. The van der Waals surface area contributed by atoms with Crippen molar-refractivity contribution in [2.24, 2.45) is 10.2 Å². The molecule has 3 rings (SSSR count). The van der Waals surface area contributed by atoms with E-state index in [1.54, 1.807) is 0 Å². The normalized spacial score (nSPS) is 11.5. The van der Waals surface area contributed by atoms with Crippen molar-refractivity contribution < 1.29 is 0 Å². The summed E-state index contributed by atoms with van der Waals surface area (Å²) in [6, 6.07) is 13.7. The Morgan fingerprint density at radius 1 is 0.947 bits per heavy atom. The second kappa shape index (κ2) is 4.65. The summed E-state index contributed by atoms with van der Waals surface area (Å²) in [5, 5.41) is 8.58. The van der Waals surface area contributed by atoms with E-state index >= 15 is 0 Å². The van der Waals surface area contributed by atoms with Gasteiger partial charge in [-0.1, -0.05) is 24.3 Å². The van der Waals surface area contributed by atoms with E-state index in [1.807, 2.05) is 66.9 Å². The van der Waals surface area contributed by atoms with Crippen molar-refractivity contribution in [1.29, 1.82) is 0 Å². The van der Waals surface area contributed by atoms with Crippen LogP contribution in [0.2, 0.25) is 0 Å². The molecule has 0 spiro atoms. The molecule has 0 amide bonds. The van der Waals surface area contributed by atoms with Crippen molar-refractivity contribution >= 4 is 17.2 Å². The highest BCUT2D eigenvalue weighted by atomic mass is 15.2. The predicted molar refractivity (Wildman–Crippen MR) is 75.3 cm³/mol. The number of azo groups is 1. The Balaban J connectivity index is 2.09. The van der Waals surface area contributed by atoms with E-state index in [9.17, 15) is 0 Å². The predicted octanol–water partition coefficient (Wildman–Crippen LogP) is 4.37. The van der Waals surface area contributed by atoms with E-state index in [4.69, 9.17) is 0 Å². The molecule has 0 aliphatic heterocycles. The number of aromatic nitrogens is 2. The highest BCUT2D eigenvalue weighted by molar-refractivity contribution is 5.56. The van der Waals surface area contributed by atoms with Crippen molar-refractivity contribution in [2.45, 2.75) is 13.8 Å². The minimum atomic E-state index is 0.780. The number of fused-ring (bicyclic) bond motifs is 1. The fourth-order valence-corrected chi connectivity index (χ4v) is 2.02. The lowest BCUT2D eigenvalue weighted by Gasteiger charge is -1.98. The highest BCUT2D eigenvalue weighted by Gasteiger charge is 2.08. The van der Waals surface area contributed by atoms with E-state index < -0.39 is 0 Å². The molecule has 0 aliphatic carbocycles. The second-order valence-electron chi connectivity index (χ2n) is 4.44. The average molecular weight is 250 g/mol. The average Bonchev–Trinajstić information content (AvgIpc) is 2.75. The van der Waals surface area contributed by atoms with E-state index in [2.05, 4.69) is 15.2 Å². The molecule has 0 N–H and O–H groups in total. The first-order valence-electron chi connectivity index (χ1n) is 6.17. The molecule has 2 aromatic heterocycles. The number of imidazole rings is 1. The lowest BCUT2D eigenvalue weighted by molar-refractivity contribution is 1.09. The minimum Gasteiger partial charge on any atom is -0.283 e. The maximum atomic E-state index is 4.53. The number of pyridine rings is 1. The van der Waals surface area contributed by atoms with Crippen LogP contribution in [-0.4, -0.2) is 9.38 Å². The Morgan fingerprint density at radius 2 is 1.74 bits per heavy atom. The first-order valence-corrected chi connectivity index (χ1v) is 6.17. The summed E-state index contributed by atoms with van der Waals surface area (Å²) in [5.74, 6) is 0.780. The van der Waals surface area contributed by atoms with E-state index in [-0.39, 0.29) is 0 Å². The summed E-state index contributed by atoms with van der Waals surface area (Å²) in [6.45, 7) is 3.99. The molecule has 94 valence electrons. The molecule has 4 nitrogen and oxygen atoms in total. The van der Waals surface area contributed by atoms with E-state index in [0.717, 1.165) is 28.4 Å². The molecule has 0 aliphatic rings. The molecule has 2 heterocycles. The molecule has 0 saturated heterocycles. The molecule has 0 saturated carbocycles. The smallest absolute Gasteiger partial charge is 0.182 e. The lowest BCUT2D eigenvalue weighted by Crippen LogP contribution is -1.85. The Bertz CT molecular complexity index is 741. The van der Waals surface area contributed by atoms with Crippen molar-refractivity contribution in [3.8, 4) is 0 Å². The number of aryl methyl sites for hydroxylation is 2. The van der Waals surface area contributed by atoms with Crippen LogP contribution in [0.15, 0.2) is 58.9 Å². The molecule has 0 unspecified atom stereocenters. The zero-order valence-electron chi connectivity index (χ0n) is 10.9. The number of rotatable bonds is 2. The Labute approximate surface area is 111 Å². The third-order valence-electron chi connectivity index (χ3n) is 3.00. The SMILES string of the molecule is Cc1nc2c(C)cccn2c1N=Nc1ccccc1. The zero-order chi connectivity index (χ0) is 13.2. The summed E-state index contributed by atoms with van der Waals surface area (Å²) in [6.07, 6.45) is 1.96. The third-order valence-corrected chi connectivity index (χ3v) is 3.00. The maximum Gasteiger partial charge on any atom is 0.182 e. The van der Waals surface area contributed by atoms with Gasteiger partial charge in [-0.2, -0.15) is 0 Å². The van der Waals surface area contributed by atoms with Crippen LogP contribution < -0.4 is 0 Å². The number of nitrogens with zero attached hydrogens (tertiary/aromatic N) is 4. The highest BCUT2D eigenvalue weighted by Crippen LogP contribution is 2.24. The standard InChI is InChI=1S/C15H14N4/c1-11-7-6-10-19-14(11)16-12(2)15(19)18-17-13-8-4-3-5-9-13/h3-10H,1-2H3.